The average Bonchev–Trinajstić information content (AvgIpc) is 2.78. The van der Waals surface area contributed by atoms with E-state index in [2.05, 4.69) is 0 Å². The van der Waals surface area contributed by atoms with Crippen LogP contribution in [-0.2, 0) is 0 Å². The normalized spacial score (nSPS) is 42.0. The smallest absolute Gasteiger partial charge is 0.169 e. The van der Waals surface area contributed by atoms with Crippen LogP contribution in [0, 0.1) is 17.8 Å². The Kier molecular flexibility index (Phi) is 2.56. The minimum Gasteiger partial charge on any atom is -0.435 e. The van der Waals surface area contributed by atoms with E-state index >= 15 is 0 Å². The Labute approximate surface area is 76.9 Å². The SMILES string of the molecule is C[SiH](O)CCC1CCC2CC2C1. The van der Waals surface area contributed by atoms with Gasteiger partial charge in [-0.3, -0.25) is 0 Å². The molecule has 2 heteroatoms. The van der Waals surface area contributed by atoms with Crippen molar-refractivity contribution < 1.29 is 4.80 Å². The molecule has 0 aromatic carbocycles. The van der Waals surface area contributed by atoms with Crippen LogP contribution in [0.2, 0.25) is 12.6 Å². The van der Waals surface area contributed by atoms with Gasteiger partial charge in [0.2, 0.25) is 0 Å². The van der Waals surface area contributed by atoms with Crippen molar-refractivity contribution in [2.75, 3.05) is 0 Å². The van der Waals surface area contributed by atoms with Crippen LogP contribution in [0.5, 0.6) is 0 Å². The van der Waals surface area contributed by atoms with Gasteiger partial charge in [-0.25, -0.2) is 0 Å². The fourth-order valence-corrected chi connectivity index (χ4v) is 3.64. The zero-order chi connectivity index (χ0) is 8.55. The molecule has 2 aliphatic rings. The van der Waals surface area contributed by atoms with E-state index in [0.29, 0.717) is 0 Å². The van der Waals surface area contributed by atoms with E-state index < -0.39 is 9.04 Å². The highest BCUT2D eigenvalue weighted by Gasteiger charge is 2.41. The van der Waals surface area contributed by atoms with Crippen LogP contribution in [0.25, 0.3) is 0 Å². The van der Waals surface area contributed by atoms with Gasteiger partial charge in [0.1, 0.15) is 0 Å². The van der Waals surface area contributed by atoms with Gasteiger partial charge in [0.15, 0.2) is 9.04 Å². The second-order valence-electron chi connectivity index (χ2n) is 4.86. The van der Waals surface area contributed by atoms with Crippen molar-refractivity contribution in [1.82, 2.24) is 0 Å². The van der Waals surface area contributed by atoms with Crippen LogP contribution >= 0.6 is 0 Å². The van der Waals surface area contributed by atoms with Gasteiger partial charge in [-0.15, -0.1) is 0 Å². The molecule has 0 amide bonds. The average molecular weight is 184 g/mol. The lowest BCUT2D eigenvalue weighted by molar-refractivity contribution is 0.332. The Morgan fingerprint density at radius 1 is 1.25 bits per heavy atom. The van der Waals surface area contributed by atoms with Crippen LogP contribution in [0.3, 0.4) is 0 Å². The number of hydrogen-bond donors (Lipinski definition) is 1. The van der Waals surface area contributed by atoms with E-state index in [4.69, 9.17) is 0 Å². The maximum Gasteiger partial charge on any atom is 0.169 e. The monoisotopic (exact) mass is 184 g/mol. The molecule has 2 aliphatic carbocycles. The molecule has 70 valence electrons. The molecular formula is C10H20OSi. The van der Waals surface area contributed by atoms with Crippen molar-refractivity contribution in [3.8, 4) is 0 Å². The van der Waals surface area contributed by atoms with Gasteiger partial charge in [-0.1, -0.05) is 12.8 Å². The van der Waals surface area contributed by atoms with Gasteiger partial charge >= 0.3 is 0 Å². The van der Waals surface area contributed by atoms with Crippen molar-refractivity contribution >= 4 is 9.04 Å². The lowest BCUT2D eigenvalue weighted by Crippen LogP contribution is -2.12. The molecular weight excluding hydrogens is 164 g/mol. The van der Waals surface area contributed by atoms with Crippen molar-refractivity contribution in [3.63, 3.8) is 0 Å². The Hall–Kier alpha value is 0.177. The summed E-state index contributed by atoms with van der Waals surface area (Å²) in [5.41, 5.74) is 0. The Bertz CT molecular complexity index is 158. The Morgan fingerprint density at radius 3 is 2.75 bits per heavy atom. The quantitative estimate of drug-likeness (QED) is 0.666. The zero-order valence-corrected chi connectivity index (χ0v) is 9.15. The summed E-state index contributed by atoms with van der Waals surface area (Å²) in [7, 11) is -1.25. The molecule has 12 heavy (non-hydrogen) atoms. The summed E-state index contributed by atoms with van der Waals surface area (Å²) < 4.78 is 0. The molecule has 4 atom stereocenters. The number of hydrogen-bond acceptors (Lipinski definition) is 1. The molecule has 0 aromatic heterocycles. The largest absolute Gasteiger partial charge is 0.435 e. The predicted molar refractivity (Wildman–Crippen MR) is 53.6 cm³/mol. The highest BCUT2D eigenvalue weighted by Crippen LogP contribution is 2.52. The summed E-state index contributed by atoms with van der Waals surface area (Å²) in [5, 5.41) is 0. The van der Waals surface area contributed by atoms with E-state index in [1.807, 2.05) is 6.55 Å². The first kappa shape index (κ1) is 8.76. The second kappa shape index (κ2) is 3.50. The third-order valence-electron chi connectivity index (χ3n) is 3.64. The van der Waals surface area contributed by atoms with Crippen LogP contribution < -0.4 is 0 Å². The molecule has 0 radical (unpaired) electrons. The van der Waals surface area contributed by atoms with Gasteiger partial charge in [0.25, 0.3) is 0 Å². The summed E-state index contributed by atoms with van der Waals surface area (Å²) in [6.45, 7) is 2.04. The van der Waals surface area contributed by atoms with Crippen molar-refractivity contribution in [1.29, 1.82) is 0 Å². The summed E-state index contributed by atoms with van der Waals surface area (Å²) in [6, 6.07) is 1.15. The zero-order valence-electron chi connectivity index (χ0n) is 8.00. The Balaban J connectivity index is 1.67. The first-order valence-corrected chi connectivity index (χ1v) is 7.92. The molecule has 0 heterocycles. The topological polar surface area (TPSA) is 20.2 Å². The third kappa shape index (κ3) is 2.11. The molecule has 2 rings (SSSR count). The molecule has 2 saturated carbocycles. The first-order valence-electron chi connectivity index (χ1n) is 5.43. The molecule has 0 aliphatic heterocycles. The molecule has 0 aromatic rings. The molecule has 0 spiro atoms. The van der Waals surface area contributed by atoms with E-state index in [1.165, 1.54) is 32.1 Å². The maximum absolute atomic E-state index is 9.30. The van der Waals surface area contributed by atoms with Gasteiger partial charge in [-0.2, -0.15) is 0 Å². The van der Waals surface area contributed by atoms with Gasteiger partial charge < -0.3 is 4.80 Å². The van der Waals surface area contributed by atoms with Crippen LogP contribution in [0.1, 0.15) is 32.1 Å². The van der Waals surface area contributed by atoms with E-state index in [1.54, 1.807) is 0 Å². The molecule has 0 saturated heterocycles. The molecule has 0 bridgehead atoms. The highest BCUT2D eigenvalue weighted by atomic mass is 28.3. The van der Waals surface area contributed by atoms with Crippen LogP contribution in [0.4, 0.5) is 0 Å². The van der Waals surface area contributed by atoms with Gasteiger partial charge in [0.05, 0.1) is 0 Å². The van der Waals surface area contributed by atoms with Crippen LogP contribution in [-0.4, -0.2) is 13.8 Å². The highest BCUT2D eigenvalue weighted by molar-refractivity contribution is 6.48. The summed E-state index contributed by atoms with van der Waals surface area (Å²) >= 11 is 0. The minimum atomic E-state index is -1.25. The lowest BCUT2D eigenvalue weighted by Gasteiger charge is -2.21. The molecule has 2 fully saturated rings. The maximum atomic E-state index is 9.30. The molecule has 1 nitrogen and oxygen atoms in total. The summed E-state index contributed by atoms with van der Waals surface area (Å²) in [6.07, 6.45) is 7.31. The van der Waals surface area contributed by atoms with Crippen LogP contribution in [0.15, 0.2) is 0 Å². The fraction of sp³-hybridized carbons (Fsp3) is 1.00. The van der Waals surface area contributed by atoms with E-state index in [9.17, 15) is 4.80 Å². The van der Waals surface area contributed by atoms with Gasteiger partial charge in [-0.05, 0) is 49.6 Å². The number of rotatable bonds is 3. The second-order valence-corrected chi connectivity index (χ2v) is 7.14. The first-order chi connectivity index (χ1) is 5.75. The van der Waals surface area contributed by atoms with Gasteiger partial charge in [0, 0.05) is 0 Å². The fourth-order valence-electron chi connectivity index (χ4n) is 2.69. The van der Waals surface area contributed by atoms with Crippen molar-refractivity contribution in [2.24, 2.45) is 17.8 Å². The Morgan fingerprint density at radius 2 is 2.08 bits per heavy atom. The van der Waals surface area contributed by atoms with Crippen molar-refractivity contribution in [2.45, 2.75) is 44.7 Å². The summed E-state index contributed by atoms with van der Waals surface area (Å²) in [5.74, 6) is 3.22. The van der Waals surface area contributed by atoms with Crippen molar-refractivity contribution in [3.05, 3.63) is 0 Å². The lowest BCUT2D eigenvalue weighted by atomic mass is 9.87. The summed E-state index contributed by atoms with van der Waals surface area (Å²) in [4.78, 5) is 9.30. The number of fused-ring (bicyclic) bond motifs is 1. The predicted octanol–water partition coefficient (Wildman–Crippen LogP) is 2.16. The van der Waals surface area contributed by atoms with E-state index in [0.717, 1.165) is 23.8 Å². The molecule has 1 N–H and O–H groups in total. The standard InChI is InChI=1S/C10H20OSi/c1-12(11)5-4-8-2-3-9-7-10(9)6-8/h8-12H,2-7H2,1H3. The molecule has 4 unspecified atom stereocenters. The minimum absolute atomic E-state index is 0.982. The van der Waals surface area contributed by atoms with E-state index in [-0.39, 0.29) is 0 Å². The third-order valence-corrected chi connectivity index (χ3v) is 4.81.